The van der Waals surface area contributed by atoms with Gasteiger partial charge in [-0.25, -0.2) is 0 Å². The molecule has 0 aliphatic carbocycles. The molecule has 1 aliphatic rings. The average molecular weight is 165 g/mol. The first-order valence-corrected chi connectivity index (χ1v) is 3.24. The SMILES string of the molecule is C#C.FC(F)(F)[C@@H]1CCCN1. The number of nitrogens with one attached hydrogen (secondary N) is 1. The summed E-state index contributed by atoms with van der Waals surface area (Å²) in [7, 11) is 0. The Kier molecular flexibility index (Phi) is 3.98. The number of hydrogen-bond acceptors (Lipinski definition) is 1. The summed E-state index contributed by atoms with van der Waals surface area (Å²) >= 11 is 0. The standard InChI is InChI=1S/C5H8F3N.C2H2/c6-5(7,8)4-2-1-3-9-4;1-2/h4,9H,1-3H2;1-2H/t4-;/m0./s1. The van der Waals surface area contributed by atoms with Crippen molar-refractivity contribution in [2.45, 2.75) is 25.1 Å². The Morgan fingerprint density at radius 1 is 1.27 bits per heavy atom. The first-order chi connectivity index (χ1) is 5.11. The molecule has 4 heteroatoms. The smallest absolute Gasteiger partial charge is 0.306 e. The summed E-state index contributed by atoms with van der Waals surface area (Å²) in [5.41, 5.74) is 0. The monoisotopic (exact) mass is 165 g/mol. The fourth-order valence-electron chi connectivity index (χ4n) is 0.964. The van der Waals surface area contributed by atoms with Crippen molar-refractivity contribution in [1.82, 2.24) is 5.32 Å². The zero-order valence-corrected chi connectivity index (χ0v) is 5.99. The molecule has 1 fully saturated rings. The van der Waals surface area contributed by atoms with Crippen LogP contribution in [0.15, 0.2) is 0 Å². The van der Waals surface area contributed by atoms with Crippen molar-refractivity contribution in [2.75, 3.05) is 6.54 Å². The predicted octanol–water partition coefficient (Wildman–Crippen LogP) is 1.55. The largest absolute Gasteiger partial charge is 0.403 e. The zero-order chi connectivity index (χ0) is 8.91. The molecule has 1 nitrogen and oxygen atoms in total. The highest BCUT2D eigenvalue weighted by Gasteiger charge is 2.40. The highest BCUT2D eigenvalue weighted by molar-refractivity contribution is 4.80. The second kappa shape index (κ2) is 4.24. The number of hydrogen-bond donors (Lipinski definition) is 1. The lowest BCUT2D eigenvalue weighted by atomic mass is 10.2. The van der Waals surface area contributed by atoms with E-state index in [2.05, 4.69) is 18.2 Å². The van der Waals surface area contributed by atoms with Crippen LogP contribution in [-0.2, 0) is 0 Å². The summed E-state index contributed by atoms with van der Waals surface area (Å²) < 4.78 is 35.1. The van der Waals surface area contributed by atoms with E-state index in [1.165, 1.54) is 0 Å². The van der Waals surface area contributed by atoms with Gasteiger partial charge in [0.1, 0.15) is 6.04 Å². The van der Waals surface area contributed by atoms with Gasteiger partial charge in [-0.05, 0) is 19.4 Å². The van der Waals surface area contributed by atoms with Crippen LogP contribution >= 0.6 is 0 Å². The lowest BCUT2D eigenvalue weighted by molar-refractivity contribution is -0.151. The fourth-order valence-corrected chi connectivity index (χ4v) is 0.964. The van der Waals surface area contributed by atoms with Gasteiger partial charge in [0.2, 0.25) is 0 Å². The lowest BCUT2D eigenvalue weighted by Crippen LogP contribution is -2.36. The van der Waals surface area contributed by atoms with Gasteiger partial charge in [0.15, 0.2) is 0 Å². The fraction of sp³-hybridized carbons (Fsp3) is 0.714. The quantitative estimate of drug-likeness (QED) is 0.537. The Hall–Kier alpha value is -0.690. The summed E-state index contributed by atoms with van der Waals surface area (Å²) in [5.74, 6) is 0. The highest BCUT2D eigenvalue weighted by Crippen LogP contribution is 2.25. The van der Waals surface area contributed by atoms with Gasteiger partial charge in [-0.1, -0.05) is 0 Å². The van der Waals surface area contributed by atoms with Crippen molar-refractivity contribution in [3.63, 3.8) is 0 Å². The number of halogens is 3. The molecule has 0 bridgehead atoms. The molecule has 11 heavy (non-hydrogen) atoms. The maximum atomic E-state index is 11.7. The predicted molar refractivity (Wildman–Crippen MR) is 37.0 cm³/mol. The van der Waals surface area contributed by atoms with Crippen LogP contribution in [0, 0.1) is 12.8 Å². The van der Waals surface area contributed by atoms with E-state index in [1.54, 1.807) is 0 Å². The van der Waals surface area contributed by atoms with Gasteiger partial charge in [-0.3, -0.25) is 0 Å². The molecule has 1 saturated heterocycles. The Labute approximate surface area is 64.0 Å². The van der Waals surface area contributed by atoms with Crippen molar-refractivity contribution >= 4 is 0 Å². The van der Waals surface area contributed by atoms with Gasteiger partial charge < -0.3 is 5.32 Å². The van der Waals surface area contributed by atoms with E-state index in [-0.39, 0.29) is 6.42 Å². The zero-order valence-electron chi connectivity index (χ0n) is 5.99. The van der Waals surface area contributed by atoms with Crippen LogP contribution in [0.25, 0.3) is 0 Å². The van der Waals surface area contributed by atoms with Gasteiger partial charge in [-0.15, -0.1) is 12.8 Å². The Bertz CT molecular complexity index is 121. The molecule has 0 aromatic rings. The Morgan fingerprint density at radius 2 is 1.82 bits per heavy atom. The van der Waals surface area contributed by atoms with Crippen LogP contribution in [-0.4, -0.2) is 18.8 Å². The topological polar surface area (TPSA) is 12.0 Å². The second-order valence-electron chi connectivity index (χ2n) is 2.19. The highest BCUT2D eigenvalue weighted by atomic mass is 19.4. The molecule has 0 spiro atoms. The van der Waals surface area contributed by atoms with Crippen LogP contribution in [0.5, 0.6) is 0 Å². The maximum absolute atomic E-state index is 11.7. The molecule has 0 amide bonds. The minimum atomic E-state index is -4.03. The van der Waals surface area contributed by atoms with E-state index in [4.69, 9.17) is 0 Å². The van der Waals surface area contributed by atoms with Crippen molar-refractivity contribution in [2.24, 2.45) is 0 Å². The molecule has 0 radical (unpaired) electrons. The van der Waals surface area contributed by atoms with Crippen LogP contribution in [0.3, 0.4) is 0 Å². The molecule has 1 N–H and O–H groups in total. The Balaban J connectivity index is 0.000000461. The van der Waals surface area contributed by atoms with Gasteiger partial charge in [0.05, 0.1) is 0 Å². The summed E-state index contributed by atoms with van der Waals surface area (Å²) in [6.45, 7) is 0.504. The lowest BCUT2D eigenvalue weighted by Gasteiger charge is -2.13. The molecule has 1 rings (SSSR count). The van der Waals surface area contributed by atoms with E-state index in [0.29, 0.717) is 13.0 Å². The molecule has 0 aromatic carbocycles. The van der Waals surface area contributed by atoms with E-state index in [0.717, 1.165) is 0 Å². The van der Waals surface area contributed by atoms with E-state index in [9.17, 15) is 13.2 Å². The average Bonchev–Trinajstić information content (AvgIpc) is 2.40. The molecule has 0 unspecified atom stereocenters. The van der Waals surface area contributed by atoms with Gasteiger partial charge in [0, 0.05) is 0 Å². The molecule has 1 heterocycles. The van der Waals surface area contributed by atoms with Crippen molar-refractivity contribution in [3.8, 4) is 12.8 Å². The normalized spacial score (nSPS) is 23.9. The van der Waals surface area contributed by atoms with Crippen molar-refractivity contribution < 1.29 is 13.2 Å². The molecule has 64 valence electrons. The number of terminal acetylenes is 1. The summed E-state index contributed by atoms with van der Waals surface area (Å²) in [4.78, 5) is 0. The summed E-state index contributed by atoms with van der Waals surface area (Å²) in [5, 5.41) is 2.37. The van der Waals surface area contributed by atoms with Gasteiger partial charge in [-0.2, -0.15) is 13.2 Å². The van der Waals surface area contributed by atoms with Crippen LogP contribution < -0.4 is 5.32 Å². The van der Waals surface area contributed by atoms with Crippen LogP contribution in [0.4, 0.5) is 13.2 Å². The third-order valence-electron chi connectivity index (χ3n) is 1.46. The second-order valence-corrected chi connectivity index (χ2v) is 2.19. The minimum absolute atomic E-state index is 0.240. The van der Waals surface area contributed by atoms with Crippen molar-refractivity contribution in [3.05, 3.63) is 0 Å². The number of rotatable bonds is 0. The third-order valence-corrected chi connectivity index (χ3v) is 1.46. The molecule has 0 saturated carbocycles. The molecule has 1 aliphatic heterocycles. The molecular formula is C7H10F3N. The summed E-state index contributed by atoms with van der Waals surface area (Å²) in [6, 6.07) is -1.24. The maximum Gasteiger partial charge on any atom is 0.403 e. The van der Waals surface area contributed by atoms with E-state index < -0.39 is 12.2 Å². The molecular weight excluding hydrogens is 155 g/mol. The Morgan fingerprint density at radius 3 is 2.00 bits per heavy atom. The first kappa shape index (κ1) is 10.3. The molecule has 0 aromatic heterocycles. The van der Waals surface area contributed by atoms with Gasteiger partial charge in [0.25, 0.3) is 0 Å². The number of alkyl halides is 3. The van der Waals surface area contributed by atoms with Crippen LogP contribution in [0.2, 0.25) is 0 Å². The minimum Gasteiger partial charge on any atom is -0.306 e. The van der Waals surface area contributed by atoms with E-state index in [1.807, 2.05) is 0 Å². The molecule has 1 atom stereocenters. The van der Waals surface area contributed by atoms with E-state index >= 15 is 0 Å². The third kappa shape index (κ3) is 3.28. The first-order valence-electron chi connectivity index (χ1n) is 3.24. The van der Waals surface area contributed by atoms with Crippen LogP contribution in [0.1, 0.15) is 12.8 Å². The van der Waals surface area contributed by atoms with Gasteiger partial charge >= 0.3 is 6.18 Å². The summed E-state index contributed by atoms with van der Waals surface area (Å²) in [6.07, 6.45) is 4.85. The van der Waals surface area contributed by atoms with Crippen molar-refractivity contribution in [1.29, 1.82) is 0 Å².